The standard InChI is InChI=1S/C21H18ClNO2/c1-3-16-10-15(9-8-14(16)2)12-23-19-7-5-4-6-18(19)21(22)17(13-24)11-20(23)25/h3-10,13H,1,11-12H2,2H3. The molecular weight excluding hydrogens is 334 g/mol. The molecule has 126 valence electrons. The van der Waals surface area contributed by atoms with Crippen LogP contribution in [0.5, 0.6) is 0 Å². The van der Waals surface area contributed by atoms with E-state index in [2.05, 4.69) is 6.58 Å². The molecule has 25 heavy (non-hydrogen) atoms. The maximum absolute atomic E-state index is 12.8. The van der Waals surface area contributed by atoms with Crippen LogP contribution in [0.1, 0.15) is 28.7 Å². The number of halogens is 1. The van der Waals surface area contributed by atoms with Gasteiger partial charge in [0, 0.05) is 11.1 Å². The van der Waals surface area contributed by atoms with Gasteiger partial charge in [0.2, 0.25) is 5.91 Å². The first-order chi connectivity index (χ1) is 12.0. The van der Waals surface area contributed by atoms with Crippen LogP contribution in [0.3, 0.4) is 0 Å². The fourth-order valence-corrected chi connectivity index (χ4v) is 3.27. The van der Waals surface area contributed by atoms with E-state index >= 15 is 0 Å². The summed E-state index contributed by atoms with van der Waals surface area (Å²) in [6.45, 7) is 6.26. The molecule has 3 rings (SSSR count). The largest absolute Gasteiger partial charge is 0.307 e. The van der Waals surface area contributed by atoms with Gasteiger partial charge in [0.1, 0.15) is 6.29 Å². The van der Waals surface area contributed by atoms with Crippen LogP contribution in [0.2, 0.25) is 0 Å². The molecule has 1 aliphatic heterocycles. The number of aryl methyl sites for hydroxylation is 1. The maximum atomic E-state index is 12.8. The minimum Gasteiger partial charge on any atom is -0.307 e. The lowest BCUT2D eigenvalue weighted by Gasteiger charge is -2.23. The number of amides is 1. The Morgan fingerprint density at radius 3 is 2.72 bits per heavy atom. The van der Waals surface area contributed by atoms with Crippen molar-refractivity contribution in [1.29, 1.82) is 0 Å². The normalized spacial score (nSPS) is 14.2. The van der Waals surface area contributed by atoms with E-state index in [1.165, 1.54) is 0 Å². The molecule has 1 heterocycles. The number of carbonyl (C=O) groups excluding carboxylic acids is 2. The van der Waals surface area contributed by atoms with Crippen molar-refractivity contribution in [3.8, 4) is 0 Å². The fourth-order valence-electron chi connectivity index (χ4n) is 3.00. The number of hydrogen-bond donors (Lipinski definition) is 0. The van der Waals surface area contributed by atoms with Gasteiger partial charge in [-0.3, -0.25) is 9.59 Å². The predicted molar refractivity (Wildman–Crippen MR) is 102 cm³/mol. The topological polar surface area (TPSA) is 37.4 Å². The van der Waals surface area contributed by atoms with E-state index in [1.807, 2.05) is 49.4 Å². The summed E-state index contributed by atoms with van der Waals surface area (Å²) < 4.78 is 0. The van der Waals surface area contributed by atoms with Gasteiger partial charge in [0.25, 0.3) is 0 Å². The summed E-state index contributed by atoms with van der Waals surface area (Å²) in [5, 5.41) is 0.345. The van der Waals surface area contributed by atoms with Crippen LogP contribution in [-0.2, 0) is 16.1 Å². The summed E-state index contributed by atoms with van der Waals surface area (Å²) in [5.74, 6) is -0.147. The van der Waals surface area contributed by atoms with E-state index in [4.69, 9.17) is 11.6 Å². The number of fused-ring (bicyclic) bond motifs is 1. The molecule has 0 aromatic heterocycles. The van der Waals surface area contributed by atoms with Crippen LogP contribution in [0.4, 0.5) is 5.69 Å². The van der Waals surface area contributed by atoms with Crippen molar-refractivity contribution in [3.05, 3.63) is 76.9 Å². The third-order valence-electron chi connectivity index (χ3n) is 4.40. The first kappa shape index (κ1) is 17.2. The Balaban J connectivity index is 2.05. The van der Waals surface area contributed by atoms with Crippen molar-refractivity contribution >= 4 is 40.6 Å². The van der Waals surface area contributed by atoms with Crippen LogP contribution in [0, 0.1) is 6.92 Å². The van der Waals surface area contributed by atoms with Gasteiger partial charge in [0.05, 0.1) is 23.7 Å². The van der Waals surface area contributed by atoms with E-state index in [9.17, 15) is 9.59 Å². The predicted octanol–water partition coefficient (Wildman–Crippen LogP) is 4.72. The van der Waals surface area contributed by atoms with E-state index < -0.39 is 0 Å². The highest BCUT2D eigenvalue weighted by Crippen LogP contribution is 2.36. The van der Waals surface area contributed by atoms with Crippen molar-refractivity contribution in [2.45, 2.75) is 19.9 Å². The third-order valence-corrected chi connectivity index (χ3v) is 4.85. The second kappa shape index (κ2) is 7.08. The smallest absolute Gasteiger partial charge is 0.231 e. The Morgan fingerprint density at radius 1 is 1.24 bits per heavy atom. The summed E-state index contributed by atoms with van der Waals surface area (Å²) in [7, 11) is 0. The van der Waals surface area contributed by atoms with E-state index in [-0.39, 0.29) is 12.3 Å². The average Bonchev–Trinajstić information content (AvgIpc) is 2.73. The number of nitrogens with zero attached hydrogens (tertiary/aromatic N) is 1. The Labute approximate surface area is 152 Å². The molecule has 0 bridgehead atoms. The molecule has 0 radical (unpaired) electrons. The minimum absolute atomic E-state index is 0.00279. The fraction of sp³-hybridized carbons (Fsp3) is 0.143. The molecular formula is C21H18ClNO2. The highest BCUT2D eigenvalue weighted by atomic mass is 35.5. The Morgan fingerprint density at radius 2 is 2.00 bits per heavy atom. The molecule has 0 N–H and O–H groups in total. The molecule has 4 heteroatoms. The van der Waals surface area contributed by atoms with Gasteiger partial charge in [-0.15, -0.1) is 0 Å². The zero-order valence-corrected chi connectivity index (χ0v) is 14.7. The van der Waals surface area contributed by atoms with Crippen LogP contribution < -0.4 is 4.90 Å². The average molecular weight is 352 g/mol. The van der Waals surface area contributed by atoms with E-state index in [0.717, 1.165) is 22.4 Å². The quantitative estimate of drug-likeness (QED) is 0.747. The number of aldehydes is 1. The van der Waals surface area contributed by atoms with Crippen LogP contribution >= 0.6 is 11.6 Å². The molecule has 0 spiro atoms. The van der Waals surface area contributed by atoms with Gasteiger partial charge in [-0.05, 0) is 35.7 Å². The summed E-state index contributed by atoms with van der Waals surface area (Å²) in [4.78, 5) is 25.8. The molecule has 0 fully saturated rings. The molecule has 0 atom stereocenters. The van der Waals surface area contributed by atoms with Crippen LogP contribution in [-0.4, -0.2) is 12.2 Å². The first-order valence-corrected chi connectivity index (χ1v) is 8.38. The molecule has 2 aromatic rings. The monoisotopic (exact) mass is 351 g/mol. The van der Waals surface area contributed by atoms with E-state index in [1.54, 1.807) is 11.0 Å². The number of anilines is 1. The van der Waals surface area contributed by atoms with E-state index in [0.29, 0.717) is 29.0 Å². The number of para-hydroxylation sites is 1. The molecule has 0 unspecified atom stereocenters. The number of carbonyl (C=O) groups is 2. The summed E-state index contributed by atoms with van der Waals surface area (Å²) >= 11 is 6.38. The molecule has 0 aliphatic carbocycles. The van der Waals surface area contributed by atoms with Gasteiger partial charge in [-0.2, -0.15) is 0 Å². The lowest BCUT2D eigenvalue weighted by atomic mass is 10.0. The maximum Gasteiger partial charge on any atom is 0.231 e. The molecule has 0 saturated heterocycles. The SMILES string of the molecule is C=Cc1cc(CN2C(=O)CC(C=O)=C(Cl)c3ccccc32)ccc1C. The van der Waals surface area contributed by atoms with Crippen molar-refractivity contribution in [2.24, 2.45) is 0 Å². The van der Waals surface area contributed by atoms with Crippen LogP contribution in [0.15, 0.2) is 54.6 Å². The van der Waals surface area contributed by atoms with Crippen LogP contribution in [0.25, 0.3) is 11.1 Å². The zero-order valence-electron chi connectivity index (χ0n) is 14.0. The van der Waals surface area contributed by atoms with Gasteiger partial charge in [-0.25, -0.2) is 0 Å². The highest BCUT2D eigenvalue weighted by molar-refractivity contribution is 6.51. The number of benzene rings is 2. The molecule has 1 amide bonds. The lowest BCUT2D eigenvalue weighted by molar-refractivity contribution is -0.118. The number of rotatable bonds is 4. The van der Waals surface area contributed by atoms with Crippen molar-refractivity contribution < 1.29 is 9.59 Å². The van der Waals surface area contributed by atoms with Gasteiger partial charge in [-0.1, -0.05) is 54.6 Å². The van der Waals surface area contributed by atoms with Crippen molar-refractivity contribution in [2.75, 3.05) is 4.90 Å². The Bertz CT molecular complexity index is 899. The van der Waals surface area contributed by atoms with Gasteiger partial charge < -0.3 is 4.90 Å². The molecule has 1 aliphatic rings. The summed E-state index contributed by atoms with van der Waals surface area (Å²) in [6.07, 6.45) is 2.47. The number of hydrogen-bond acceptors (Lipinski definition) is 2. The Kier molecular flexibility index (Phi) is 4.86. The second-order valence-corrected chi connectivity index (χ2v) is 6.40. The highest BCUT2D eigenvalue weighted by Gasteiger charge is 2.26. The molecule has 0 saturated carbocycles. The third kappa shape index (κ3) is 3.28. The first-order valence-electron chi connectivity index (χ1n) is 8.00. The Hall–Kier alpha value is -2.65. The van der Waals surface area contributed by atoms with Crippen molar-refractivity contribution in [1.82, 2.24) is 0 Å². The minimum atomic E-state index is -0.147. The zero-order chi connectivity index (χ0) is 18.0. The van der Waals surface area contributed by atoms with Gasteiger partial charge in [0.15, 0.2) is 0 Å². The summed E-state index contributed by atoms with van der Waals surface area (Å²) in [5.41, 5.74) is 4.90. The lowest BCUT2D eigenvalue weighted by Crippen LogP contribution is -2.30. The molecule has 2 aromatic carbocycles. The van der Waals surface area contributed by atoms with Crippen molar-refractivity contribution in [3.63, 3.8) is 0 Å². The van der Waals surface area contributed by atoms with Gasteiger partial charge >= 0.3 is 0 Å². The summed E-state index contributed by atoms with van der Waals surface area (Å²) in [6, 6.07) is 13.4. The molecule has 3 nitrogen and oxygen atoms in total. The second-order valence-electron chi connectivity index (χ2n) is 6.03.